The first-order valence-electron chi connectivity index (χ1n) is 9.20. The van der Waals surface area contributed by atoms with Gasteiger partial charge in [-0.3, -0.25) is 14.6 Å². The average molecular weight is 360 g/mol. The van der Waals surface area contributed by atoms with Crippen molar-refractivity contribution in [3.05, 3.63) is 30.1 Å². The first-order chi connectivity index (χ1) is 12.5. The highest BCUT2D eigenvalue weighted by Crippen LogP contribution is 2.26. The maximum absolute atomic E-state index is 12.6. The number of likely N-dealkylation sites (N-methyl/N-ethyl adjacent to an activating group) is 1. The summed E-state index contributed by atoms with van der Waals surface area (Å²) in [5.41, 5.74) is 0.919. The van der Waals surface area contributed by atoms with Crippen LogP contribution in [0.5, 0.6) is 0 Å². The fourth-order valence-corrected chi connectivity index (χ4v) is 3.74. The van der Waals surface area contributed by atoms with Crippen LogP contribution in [0.4, 0.5) is 0 Å². The molecule has 26 heavy (non-hydrogen) atoms. The highest BCUT2D eigenvalue weighted by Gasteiger charge is 2.38. The number of likely N-dealkylation sites (tertiary alicyclic amines) is 1. The summed E-state index contributed by atoms with van der Waals surface area (Å²) in [6.45, 7) is 3.01. The van der Waals surface area contributed by atoms with Gasteiger partial charge < -0.3 is 19.9 Å². The zero-order chi connectivity index (χ0) is 18.6. The van der Waals surface area contributed by atoms with Gasteiger partial charge in [0.2, 0.25) is 11.8 Å². The van der Waals surface area contributed by atoms with Crippen LogP contribution in [-0.4, -0.2) is 72.5 Å². The molecule has 3 rings (SSSR count). The molecule has 1 atom stereocenters. The predicted octanol–water partition coefficient (Wildman–Crippen LogP) is 0.657. The lowest BCUT2D eigenvalue weighted by Gasteiger charge is -2.43. The van der Waals surface area contributed by atoms with E-state index in [0.717, 1.165) is 31.6 Å². The Morgan fingerprint density at radius 2 is 2.19 bits per heavy atom. The first-order valence-corrected chi connectivity index (χ1v) is 9.20. The molecular formula is C19H28N4O3. The summed E-state index contributed by atoms with van der Waals surface area (Å²) in [6, 6.07) is 3.80. The summed E-state index contributed by atoms with van der Waals surface area (Å²) in [6.07, 6.45) is 5.55. The molecule has 0 radical (unpaired) electrons. The van der Waals surface area contributed by atoms with E-state index in [1.807, 2.05) is 26.2 Å². The number of carbonyl (C=O) groups excluding carboxylic acids is 2. The molecule has 0 aromatic carbocycles. The quantitative estimate of drug-likeness (QED) is 0.807. The Balaban J connectivity index is 1.54. The van der Waals surface area contributed by atoms with Crippen molar-refractivity contribution < 1.29 is 14.3 Å². The van der Waals surface area contributed by atoms with Gasteiger partial charge in [-0.15, -0.1) is 0 Å². The Morgan fingerprint density at radius 3 is 2.85 bits per heavy atom. The Bertz CT molecular complexity index is 629. The van der Waals surface area contributed by atoms with Gasteiger partial charge in [0, 0.05) is 57.2 Å². The van der Waals surface area contributed by atoms with Crippen molar-refractivity contribution in [3.63, 3.8) is 0 Å². The standard InChI is InChI=1S/C19H28N4O3/c1-22(2)19(5-8-26-9-6-19)14-21-18(25)16-10-17(24)23(13-16)12-15-4-3-7-20-11-15/h3-4,7,11,16H,5-6,8-10,12-14H2,1-2H3,(H,21,25)/t16-/m0/s1. The van der Waals surface area contributed by atoms with Crippen LogP contribution in [0.1, 0.15) is 24.8 Å². The molecule has 2 fully saturated rings. The fourth-order valence-electron chi connectivity index (χ4n) is 3.74. The minimum absolute atomic E-state index is 0.0280. The molecule has 2 amide bonds. The van der Waals surface area contributed by atoms with Gasteiger partial charge in [-0.1, -0.05) is 6.07 Å². The number of rotatable bonds is 6. The number of carbonyl (C=O) groups is 2. The smallest absolute Gasteiger partial charge is 0.225 e. The summed E-state index contributed by atoms with van der Waals surface area (Å²) in [7, 11) is 4.10. The molecule has 0 bridgehead atoms. The molecule has 7 heteroatoms. The summed E-state index contributed by atoms with van der Waals surface area (Å²) in [5, 5.41) is 3.09. The first kappa shape index (κ1) is 18.8. The molecule has 2 aliphatic rings. The highest BCUT2D eigenvalue weighted by atomic mass is 16.5. The lowest BCUT2D eigenvalue weighted by Crippen LogP contribution is -2.56. The van der Waals surface area contributed by atoms with E-state index in [2.05, 4.69) is 15.2 Å². The maximum Gasteiger partial charge on any atom is 0.225 e. The third-order valence-corrected chi connectivity index (χ3v) is 5.65. The lowest BCUT2D eigenvalue weighted by atomic mass is 9.88. The van der Waals surface area contributed by atoms with Crippen molar-refractivity contribution in [1.29, 1.82) is 0 Å². The zero-order valence-electron chi connectivity index (χ0n) is 15.6. The van der Waals surface area contributed by atoms with Crippen LogP contribution in [0.3, 0.4) is 0 Å². The van der Waals surface area contributed by atoms with Gasteiger partial charge in [0.25, 0.3) is 0 Å². The normalized spacial score (nSPS) is 22.7. The molecule has 0 unspecified atom stereocenters. The van der Waals surface area contributed by atoms with Crippen LogP contribution >= 0.6 is 0 Å². The molecule has 0 aliphatic carbocycles. The highest BCUT2D eigenvalue weighted by molar-refractivity contribution is 5.89. The molecule has 7 nitrogen and oxygen atoms in total. The molecule has 142 valence electrons. The third-order valence-electron chi connectivity index (χ3n) is 5.65. The second kappa shape index (κ2) is 8.14. The van der Waals surface area contributed by atoms with Crippen molar-refractivity contribution in [1.82, 2.24) is 20.1 Å². The van der Waals surface area contributed by atoms with Crippen LogP contribution in [0.15, 0.2) is 24.5 Å². The van der Waals surface area contributed by atoms with Gasteiger partial charge >= 0.3 is 0 Å². The third kappa shape index (κ3) is 4.22. The number of hydrogen-bond donors (Lipinski definition) is 1. The van der Waals surface area contributed by atoms with Crippen LogP contribution in [0, 0.1) is 5.92 Å². The molecule has 0 spiro atoms. The number of ether oxygens (including phenoxy) is 1. The lowest BCUT2D eigenvalue weighted by molar-refractivity contribution is -0.129. The van der Waals surface area contributed by atoms with Gasteiger partial charge in [0.15, 0.2) is 0 Å². The Labute approximate surface area is 154 Å². The Kier molecular flexibility index (Phi) is 5.88. The zero-order valence-corrected chi connectivity index (χ0v) is 15.6. The molecule has 2 aliphatic heterocycles. The van der Waals surface area contributed by atoms with E-state index in [1.54, 1.807) is 17.3 Å². The van der Waals surface area contributed by atoms with Gasteiger partial charge in [-0.25, -0.2) is 0 Å². The summed E-state index contributed by atoms with van der Waals surface area (Å²) < 4.78 is 5.47. The van der Waals surface area contributed by atoms with Gasteiger partial charge in [-0.2, -0.15) is 0 Å². The molecule has 1 aromatic heterocycles. The van der Waals surface area contributed by atoms with E-state index in [9.17, 15) is 9.59 Å². The molecule has 1 aromatic rings. The van der Waals surface area contributed by atoms with E-state index >= 15 is 0 Å². The van der Waals surface area contributed by atoms with Crippen LogP contribution in [0.2, 0.25) is 0 Å². The minimum Gasteiger partial charge on any atom is -0.381 e. The second-order valence-corrected chi connectivity index (χ2v) is 7.49. The number of hydrogen-bond acceptors (Lipinski definition) is 5. The van der Waals surface area contributed by atoms with E-state index < -0.39 is 0 Å². The predicted molar refractivity (Wildman–Crippen MR) is 97.2 cm³/mol. The molecule has 0 saturated carbocycles. The second-order valence-electron chi connectivity index (χ2n) is 7.49. The molecule has 2 saturated heterocycles. The largest absolute Gasteiger partial charge is 0.381 e. The van der Waals surface area contributed by atoms with Gasteiger partial charge in [0.1, 0.15) is 0 Å². The van der Waals surface area contributed by atoms with Crippen molar-refractivity contribution >= 4 is 11.8 Å². The number of pyridine rings is 1. The SMILES string of the molecule is CN(C)C1(CNC(=O)[C@H]2CC(=O)N(Cc3cccnc3)C2)CCOCC1. The van der Waals surface area contributed by atoms with Crippen LogP contribution in [0.25, 0.3) is 0 Å². The van der Waals surface area contributed by atoms with E-state index in [0.29, 0.717) is 19.6 Å². The topological polar surface area (TPSA) is 74.8 Å². The van der Waals surface area contributed by atoms with E-state index in [1.165, 1.54) is 0 Å². The average Bonchev–Trinajstić information content (AvgIpc) is 3.02. The minimum atomic E-state index is -0.279. The molecule has 1 N–H and O–H groups in total. The van der Waals surface area contributed by atoms with Crippen molar-refractivity contribution in [2.24, 2.45) is 5.92 Å². The van der Waals surface area contributed by atoms with Crippen LogP contribution in [-0.2, 0) is 20.9 Å². The molecular weight excluding hydrogens is 332 g/mol. The summed E-state index contributed by atoms with van der Waals surface area (Å²) in [4.78, 5) is 32.9. The number of amides is 2. The number of nitrogens with one attached hydrogen (secondary N) is 1. The maximum atomic E-state index is 12.6. The fraction of sp³-hybridized carbons (Fsp3) is 0.632. The van der Waals surface area contributed by atoms with Crippen molar-refractivity contribution in [3.8, 4) is 0 Å². The Morgan fingerprint density at radius 1 is 1.42 bits per heavy atom. The van der Waals surface area contributed by atoms with Crippen molar-refractivity contribution in [2.45, 2.75) is 31.3 Å². The van der Waals surface area contributed by atoms with Gasteiger partial charge in [0.05, 0.1) is 5.92 Å². The number of nitrogens with zero attached hydrogens (tertiary/aromatic N) is 3. The molecule has 3 heterocycles. The van der Waals surface area contributed by atoms with Crippen molar-refractivity contribution in [2.75, 3.05) is 40.4 Å². The number of aromatic nitrogens is 1. The Hall–Kier alpha value is -1.99. The van der Waals surface area contributed by atoms with Crippen LogP contribution < -0.4 is 5.32 Å². The summed E-state index contributed by atoms with van der Waals surface area (Å²) in [5.74, 6) is -0.277. The summed E-state index contributed by atoms with van der Waals surface area (Å²) >= 11 is 0. The monoisotopic (exact) mass is 360 g/mol. The van der Waals surface area contributed by atoms with E-state index in [-0.39, 0.29) is 29.7 Å². The van der Waals surface area contributed by atoms with E-state index in [4.69, 9.17) is 4.74 Å². The van der Waals surface area contributed by atoms with Gasteiger partial charge in [-0.05, 0) is 38.6 Å².